The zero-order valence-corrected chi connectivity index (χ0v) is 14.5. The smallest absolute Gasteiger partial charge is 0.228 e. The molecule has 2 aliphatic heterocycles. The van der Waals surface area contributed by atoms with Gasteiger partial charge >= 0.3 is 0 Å². The molecule has 2 fully saturated rings. The van der Waals surface area contributed by atoms with Crippen LogP contribution in [0, 0.1) is 12.8 Å². The number of pyridine rings is 1. The summed E-state index contributed by atoms with van der Waals surface area (Å²) in [5.41, 5.74) is 1.03. The number of sulfone groups is 1. The first kappa shape index (κ1) is 17.3. The number of carbonyl (C=O) groups excluding carboxylic acids is 1. The Labute approximate surface area is 142 Å². The summed E-state index contributed by atoms with van der Waals surface area (Å²) in [6.07, 6.45) is 2.19. The van der Waals surface area contributed by atoms with E-state index >= 15 is 0 Å². The fourth-order valence-corrected chi connectivity index (χ4v) is 5.25. The van der Waals surface area contributed by atoms with Crippen LogP contribution in [0.2, 0.25) is 0 Å². The fourth-order valence-electron chi connectivity index (χ4n) is 3.42. The zero-order chi connectivity index (χ0) is 17.3. The molecule has 0 saturated carbocycles. The minimum absolute atomic E-state index is 0.0122. The van der Waals surface area contributed by atoms with Gasteiger partial charge in [-0.05, 0) is 44.5 Å². The second-order valence-corrected chi connectivity index (χ2v) is 8.89. The Bertz CT molecular complexity index is 697. The molecule has 2 unspecified atom stereocenters. The normalized spacial score (nSPS) is 27.9. The lowest BCUT2D eigenvalue weighted by atomic mass is 9.94. The van der Waals surface area contributed by atoms with Crippen molar-refractivity contribution in [2.75, 3.05) is 29.9 Å². The summed E-state index contributed by atoms with van der Waals surface area (Å²) in [4.78, 5) is 18.5. The van der Waals surface area contributed by atoms with Gasteiger partial charge in [-0.15, -0.1) is 0 Å². The van der Waals surface area contributed by atoms with Gasteiger partial charge in [-0.2, -0.15) is 0 Å². The van der Waals surface area contributed by atoms with E-state index in [4.69, 9.17) is 0 Å². The lowest BCUT2D eigenvalue weighted by Crippen LogP contribution is -2.48. The first-order valence-corrected chi connectivity index (χ1v) is 10.0. The van der Waals surface area contributed by atoms with Crippen LogP contribution >= 0.6 is 0 Å². The van der Waals surface area contributed by atoms with Crippen LogP contribution in [0.5, 0.6) is 0 Å². The molecule has 8 heteroatoms. The molecule has 1 amide bonds. The lowest BCUT2D eigenvalue weighted by Gasteiger charge is -2.36. The van der Waals surface area contributed by atoms with E-state index < -0.39 is 15.9 Å². The van der Waals surface area contributed by atoms with E-state index in [2.05, 4.69) is 10.3 Å². The van der Waals surface area contributed by atoms with Gasteiger partial charge in [0, 0.05) is 12.1 Å². The van der Waals surface area contributed by atoms with Gasteiger partial charge in [0.05, 0.1) is 23.7 Å². The number of nitrogens with one attached hydrogen (secondary N) is 1. The Balaban J connectivity index is 1.53. The summed E-state index contributed by atoms with van der Waals surface area (Å²) in [6, 6.07) is 3.34. The standard InChI is InChI=1S/C16H23N3O4S/c1-11-2-3-15(17-8-11)18-16(21)12-4-6-19(7-5-12)13-9-24(22,23)10-14(13)20/h2-3,8,12-14,20H,4-7,9-10H2,1H3,(H,17,18,21). The van der Waals surface area contributed by atoms with Crippen LogP contribution in [0.4, 0.5) is 5.82 Å². The maximum Gasteiger partial charge on any atom is 0.228 e. The first-order chi connectivity index (χ1) is 11.3. The Hall–Kier alpha value is -1.51. The van der Waals surface area contributed by atoms with Crippen LogP contribution in [-0.2, 0) is 14.6 Å². The van der Waals surface area contributed by atoms with Crippen LogP contribution in [0.15, 0.2) is 18.3 Å². The number of carbonyl (C=O) groups is 1. The third-order valence-electron chi connectivity index (χ3n) is 4.83. The minimum Gasteiger partial charge on any atom is -0.390 e. The molecule has 3 heterocycles. The van der Waals surface area contributed by atoms with Crippen molar-refractivity contribution in [1.82, 2.24) is 9.88 Å². The molecule has 132 valence electrons. The number of hydrogen-bond donors (Lipinski definition) is 2. The quantitative estimate of drug-likeness (QED) is 0.805. The molecular formula is C16H23N3O4S. The number of rotatable bonds is 3. The third-order valence-corrected chi connectivity index (χ3v) is 6.52. The molecule has 3 rings (SSSR count). The number of aliphatic hydroxyl groups excluding tert-OH is 1. The summed E-state index contributed by atoms with van der Waals surface area (Å²) < 4.78 is 23.3. The van der Waals surface area contributed by atoms with Gasteiger partial charge in [0.2, 0.25) is 5.91 Å². The van der Waals surface area contributed by atoms with Crippen molar-refractivity contribution >= 4 is 21.6 Å². The largest absolute Gasteiger partial charge is 0.390 e. The lowest BCUT2D eigenvalue weighted by molar-refractivity contribution is -0.121. The fraction of sp³-hybridized carbons (Fsp3) is 0.625. The van der Waals surface area contributed by atoms with E-state index in [9.17, 15) is 18.3 Å². The molecule has 0 radical (unpaired) electrons. The van der Waals surface area contributed by atoms with Gasteiger partial charge in [-0.3, -0.25) is 9.69 Å². The number of amides is 1. The van der Waals surface area contributed by atoms with Gasteiger partial charge in [-0.1, -0.05) is 6.07 Å². The van der Waals surface area contributed by atoms with Crippen molar-refractivity contribution in [3.05, 3.63) is 23.9 Å². The van der Waals surface area contributed by atoms with Crippen LogP contribution in [0.3, 0.4) is 0 Å². The Kier molecular flexibility index (Phi) is 4.89. The molecule has 2 aliphatic rings. The topological polar surface area (TPSA) is 99.6 Å². The van der Waals surface area contributed by atoms with E-state index in [1.165, 1.54) is 0 Å². The number of hydrogen-bond acceptors (Lipinski definition) is 6. The molecule has 1 aromatic rings. The van der Waals surface area contributed by atoms with E-state index in [1.807, 2.05) is 17.9 Å². The van der Waals surface area contributed by atoms with Crippen molar-refractivity contribution in [2.24, 2.45) is 5.92 Å². The minimum atomic E-state index is -3.15. The molecule has 0 aromatic carbocycles. The maximum absolute atomic E-state index is 12.3. The number of aromatic nitrogens is 1. The second kappa shape index (κ2) is 6.78. The third kappa shape index (κ3) is 3.93. The van der Waals surface area contributed by atoms with Crippen molar-refractivity contribution in [1.29, 1.82) is 0 Å². The molecule has 1 aromatic heterocycles. The molecule has 0 bridgehead atoms. The monoisotopic (exact) mass is 353 g/mol. The first-order valence-electron chi connectivity index (χ1n) is 8.20. The number of aryl methyl sites for hydroxylation is 1. The van der Waals surface area contributed by atoms with Gasteiger partial charge in [0.15, 0.2) is 9.84 Å². The summed E-state index contributed by atoms with van der Waals surface area (Å²) >= 11 is 0. The highest BCUT2D eigenvalue weighted by Crippen LogP contribution is 2.25. The van der Waals surface area contributed by atoms with Crippen molar-refractivity contribution in [3.63, 3.8) is 0 Å². The van der Waals surface area contributed by atoms with E-state index in [0.717, 1.165) is 5.56 Å². The zero-order valence-electron chi connectivity index (χ0n) is 13.7. The van der Waals surface area contributed by atoms with Crippen LogP contribution < -0.4 is 5.32 Å². The second-order valence-electron chi connectivity index (χ2n) is 6.73. The molecule has 0 aliphatic carbocycles. The van der Waals surface area contributed by atoms with Crippen LogP contribution in [0.1, 0.15) is 18.4 Å². The number of nitrogens with zero attached hydrogens (tertiary/aromatic N) is 2. The Morgan fingerprint density at radius 2 is 2.00 bits per heavy atom. The highest BCUT2D eigenvalue weighted by atomic mass is 32.2. The van der Waals surface area contributed by atoms with Crippen molar-refractivity contribution in [2.45, 2.75) is 31.9 Å². The maximum atomic E-state index is 12.3. The summed E-state index contributed by atoms with van der Waals surface area (Å²) in [7, 11) is -3.15. The molecule has 2 saturated heterocycles. The van der Waals surface area contributed by atoms with Crippen molar-refractivity contribution in [3.8, 4) is 0 Å². The van der Waals surface area contributed by atoms with Crippen LogP contribution in [0.25, 0.3) is 0 Å². The Morgan fingerprint density at radius 3 is 2.54 bits per heavy atom. The predicted octanol–water partition coefficient (Wildman–Crippen LogP) is 0.198. The average Bonchev–Trinajstić information content (AvgIpc) is 2.82. The molecule has 7 nitrogen and oxygen atoms in total. The molecule has 24 heavy (non-hydrogen) atoms. The van der Waals surface area contributed by atoms with Gasteiger partial charge in [0.25, 0.3) is 0 Å². The van der Waals surface area contributed by atoms with Gasteiger partial charge in [-0.25, -0.2) is 13.4 Å². The van der Waals surface area contributed by atoms with Gasteiger partial charge < -0.3 is 10.4 Å². The van der Waals surface area contributed by atoms with E-state index in [-0.39, 0.29) is 29.4 Å². The average molecular weight is 353 g/mol. The SMILES string of the molecule is Cc1ccc(NC(=O)C2CCN(C3CS(=O)(=O)CC3O)CC2)nc1. The highest BCUT2D eigenvalue weighted by Gasteiger charge is 2.41. The highest BCUT2D eigenvalue weighted by molar-refractivity contribution is 7.91. The number of piperidine rings is 1. The van der Waals surface area contributed by atoms with Crippen molar-refractivity contribution < 1.29 is 18.3 Å². The predicted molar refractivity (Wildman–Crippen MR) is 90.3 cm³/mol. The molecular weight excluding hydrogens is 330 g/mol. The van der Waals surface area contributed by atoms with E-state index in [1.54, 1.807) is 12.3 Å². The number of aliphatic hydroxyl groups is 1. The molecule has 2 atom stereocenters. The van der Waals surface area contributed by atoms with Gasteiger partial charge in [0.1, 0.15) is 5.82 Å². The summed E-state index contributed by atoms with van der Waals surface area (Å²) in [5.74, 6) is 0.241. The Morgan fingerprint density at radius 1 is 1.29 bits per heavy atom. The van der Waals surface area contributed by atoms with Crippen LogP contribution in [-0.4, -0.2) is 66.1 Å². The summed E-state index contributed by atoms with van der Waals surface area (Å²) in [5, 5.41) is 12.8. The van der Waals surface area contributed by atoms with E-state index in [0.29, 0.717) is 31.7 Å². The molecule has 0 spiro atoms. The number of likely N-dealkylation sites (tertiary alicyclic amines) is 1. The molecule has 2 N–H and O–H groups in total. The summed E-state index contributed by atoms with van der Waals surface area (Å²) in [6.45, 7) is 3.18. The number of anilines is 1.